The molecule has 0 aliphatic heterocycles. The average molecular weight is 305 g/mol. The van der Waals surface area contributed by atoms with E-state index < -0.39 is 22.6 Å². The first-order valence-electron chi connectivity index (χ1n) is 5.45. The fourth-order valence-corrected chi connectivity index (χ4v) is 2.50. The van der Waals surface area contributed by atoms with Gasteiger partial charge in [-0.3, -0.25) is 4.79 Å². The molecule has 20 heavy (non-hydrogen) atoms. The van der Waals surface area contributed by atoms with Gasteiger partial charge in [0.1, 0.15) is 16.8 Å². The first-order chi connectivity index (χ1) is 9.13. The average Bonchev–Trinajstić information content (AvgIpc) is 2.76. The van der Waals surface area contributed by atoms with Gasteiger partial charge < -0.3 is 5.11 Å². The van der Waals surface area contributed by atoms with Crippen molar-refractivity contribution >= 4 is 23.4 Å². The van der Waals surface area contributed by atoms with Crippen LogP contribution in [-0.2, 0) is 11.0 Å². The molecule has 0 saturated heterocycles. The smallest absolute Gasteiger partial charge is 0.433 e. The molecule has 2 aromatic heterocycles. The van der Waals surface area contributed by atoms with Crippen molar-refractivity contribution in [3.63, 3.8) is 0 Å². The highest BCUT2D eigenvalue weighted by Gasteiger charge is 2.36. The molecule has 5 nitrogen and oxygen atoms in total. The maximum absolute atomic E-state index is 12.8. The summed E-state index contributed by atoms with van der Waals surface area (Å²) in [6.07, 6.45) is -3.56. The lowest BCUT2D eigenvalue weighted by Crippen LogP contribution is -2.27. The number of nitrogens with zero attached hydrogens (tertiary/aromatic N) is 3. The normalized spacial score (nSPS) is 12.8. The first-order valence-corrected chi connectivity index (χ1v) is 6.27. The lowest BCUT2D eigenvalue weighted by molar-refractivity contribution is -0.142. The van der Waals surface area contributed by atoms with E-state index in [4.69, 9.17) is 5.11 Å². The Balaban J connectivity index is 2.54. The predicted molar refractivity (Wildman–Crippen MR) is 65.6 cm³/mol. The molecule has 0 unspecified atom stereocenters. The van der Waals surface area contributed by atoms with Crippen molar-refractivity contribution in [1.29, 1.82) is 0 Å². The molecule has 0 amide bonds. The summed E-state index contributed by atoms with van der Waals surface area (Å²) in [6.45, 7) is 2.93. The lowest BCUT2D eigenvalue weighted by Gasteiger charge is -2.19. The number of pyridine rings is 1. The van der Waals surface area contributed by atoms with E-state index in [0.717, 1.165) is 24.2 Å². The molecule has 0 fully saturated rings. The number of halogens is 3. The van der Waals surface area contributed by atoms with Gasteiger partial charge in [0.15, 0.2) is 5.65 Å². The van der Waals surface area contributed by atoms with E-state index in [0.29, 0.717) is 9.41 Å². The third-order valence-corrected chi connectivity index (χ3v) is 3.78. The number of fused-ring (bicyclic) bond motifs is 1. The Labute approximate surface area is 115 Å². The van der Waals surface area contributed by atoms with Crippen LogP contribution in [0.3, 0.4) is 0 Å². The number of thioether (sulfide) groups is 1. The van der Waals surface area contributed by atoms with E-state index in [2.05, 4.69) is 10.1 Å². The van der Waals surface area contributed by atoms with Crippen molar-refractivity contribution in [2.75, 3.05) is 0 Å². The van der Waals surface area contributed by atoms with Gasteiger partial charge in [-0.15, -0.1) is 11.8 Å². The molecule has 0 aliphatic rings. The Kier molecular flexibility index (Phi) is 3.41. The topological polar surface area (TPSA) is 67.5 Å². The van der Waals surface area contributed by atoms with Crippen LogP contribution in [-0.4, -0.2) is 30.4 Å². The highest BCUT2D eigenvalue weighted by atomic mass is 32.2. The number of hydrogen-bond donors (Lipinski definition) is 1. The molecular formula is C11H10F3N3O2S. The minimum Gasteiger partial charge on any atom is -0.480 e. The number of aliphatic carboxylic acids is 1. The van der Waals surface area contributed by atoms with E-state index in [-0.39, 0.29) is 5.65 Å². The van der Waals surface area contributed by atoms with Crippen LogP contribution in [0.1, 0.15) is 19.5 Å². The second kappa shape index (κ2) is 4.65. The number of aromatic nitrogens is 3. The molecular weight excluding hydrogens is 295 g/mol. The highest BCUT2D eigenvalue weighted by molar-refractivity contribution is 8.01. The van der Waals surface area contributed by atoms with Gasteiger partial charge in [-0.1, -0.05) is 0 Å². The van der Waals surface area contributed by atoms with E-state index >= 15 is 0 Å². The number of alkyl halides is 3. The molecule has 0 bridgehead atoms. The molecule has 2 aromatic rings. The van der Waals surface area contributed by atoms with E-state index in [1.54, 1.807) is 0 Å². The third kappa shape index (κ3) is 2.58. The molecule has 2 rings (SSSR count). The van der Waals surface area contributed by atoms with Gasteiger partial charge in [0, 0.05) is 0 Å². The van der Waals surface area contributed by atoms with E-state index in [1.807, 2.05) is 0 Å². The van der Waals surface area contributed by atoms with Crippen molar-refractivity contribution in [2.45, 2.75) is 29.7 Å². The van der Waals surface area contributed by atoms with Crippen molar-refractivity contribution in [2.24, 2.45) is 0 Å². The fourth-order valence-electron chi connectivity index (χ4n) is 1.50. The number of carboxylic acids is 1. The standard InChI is InChI=1S/C11H10F3N3O2S/c1-10(2,9(18)19)20-6-3-4-7(11(12,13)14)17-8(6)15-5-16-17/h3-5H,1-2H3,(H,18,19). The van der Waals surface area contributed by atoms with Crippen molar-refractivity contribution in [3.8, 4) is 0 Å². The van der Waals surface area contributed by atoms with Gasteiger partial charge in [0.2, 0.25) is 0 Å². The van der Waals surface area contributed by atoms with Crippen LogP contribution in [0.25, 0.3) is 5.65 Å². The van der Waals surface area contributed by atoms with E-state index in [1.165, 1.54) is 19.9 Å². The molecule has 0 aliphatic carbocycles. The van der Waals surface area contributed by atoms with Crippen LogP contribution in [0.15, 0.2) is 23.4 Å². The summed E-state index contributed by atoms with van der Waals surface area (Å²) in [5.74, 6) is -1.07. The minimum atomic E-state index is -4.56. The van der Waals surface area contributed by atoms with Gasteiger partial charge in [-0.05, 0) is 26.0 Å². The van der Waals surface area contributed by atoms with Gasteiger partial charge >= 0.3 is 12.1 Å². The Morgan fingerprint density at radius 1 is 1.35 bits per heavy atom. The van der Waals surface area contributed by atoms with Crippen molar-refractivity contribution in [1.82, 2.24) is 14.6 Å². The predicted octanol–water partition coefficient (Wildman–Crippen LogP) is 2.70. The van der Waals surface area contributed by atoms with Gasteiger partial charge in [-0.2, -0.15) is 18.3 Å². The number of carbonyl (C=O) groups is 1. The maximum atomic E-state index is 12.8. The van der Waals surface area contributed by atoms with Crippen LogP contribution in [0.2, 0.25) is 0 Å². The molecule has 9 heteroatoms. The second-order valence-electron chi connectivity index (χ2n) is 4.49. The molecule has 0 saturated carbocycles. The summed E-state index contributed by atoms with van der Waals surface area (Å²) in [5.41, 5.74) is -0.971. The molecule has 108 valence electrons. The van der Waals surface area contributed by atoms with Crippen molar-refractivity contribution < 1.29 is 23.1 Å². The quantitative estimate of drug-likeness (QED) is 0.883. The summed E-state index contributed by atoms with van der Waals surface area (Å²) in [4.78, 5) is 15.2. The summed E-state index contributed by atoms with van der Waals surface area (Å²) in [5, 5.41) is 12.6. The minimum absolute atomic E-state index is 0.0147. The summed E-state index contributed by atoms with van der Waals surface area (Å²) in [7, 11) is 0. The molecule has 0 atom stereocenters. The third-order valence-electron chi connectivity index (χ3n) is 2.56. The van der Waals surface area contributed by atoms with Crippen LogP contribution in [0, 0.1) is 0 Å². The summed E-state index contributed by atoms with van der Waals surface area (Å²) in [6, 6.07) is 2.07. The zero-order valence-electron chi connectivity index (χ0n) is 10.5. The SMILES string of the molecule is CC(C)(Sc1ccc(C(F)(F)F)n2ncnc12)C(=O)O. The van der Waals surface area contributed by atoms with Crippen molar-refractivity contribution in [3.05, 3.63) is 24.2 Å². The lowest BCUT2D eigenvalue weighted by atomic mass is 10.2. The number of carboxylic acid groups (broad SMARTS) is 1. The Hall–Kier alpha value is -1.77. The molecule has 0 spiro atoms. The molecule has 0 aromatic carbocycles. The Morgan fingerprint density at radius 2 is 2.00 bits per heavy atom. The number of hydrogen-bond acceptors (Lipinski definition) is 4. The fraction of sp³-hybridized carbons (Fsp3) is 0.364. The van der Waals surface area contributed by atoms with Gasteiger partial charge in [0.25, 0.3) is 0 Å². The first kappa shape index (κ1) is 14.6. The zero-order valence-corrected chi connectivity index (χ0v) is 11.3. The monoisotopic (exact) mass is 305 g/mol. The molecule has 0 radical (unpaired) electrons. The van der Waals surface area contributed by atoms with Crippen LogP contribution < -0.4 is 0 Å². The zero-order chi connectivity index (χ0) is 15.1. The second-order valence-corrected chi connectivity index (χ2v) is 6.16. The largest absolute Gasteiger partial charge is 0.480 e. The van der Waals surface area contributed by atoms with Crippen LogP contribution >= 0.6 is 11.8 Å². The van der Waals surface area contributed by atoms with Gasteiger partial charge in [-0.25, -0.2) is 9.50 Å². The van der Waals surface area contributed by atoms with Crippen LogP contribution in [0.5, 0.6) is 0 Å². The number of rotatable bonds is 3. The molecule has 2 heterocycles. The highest BCUT2D eigenvalue weighted by Crippen LogP contribution is 2.37. The van der Waals surface area contributed by atoms with Crippen LogP contribution in [0.4, 0.5) is 13.2 Å². The maximum Gasteiger partial charge on any atom is 0.433 e. The summed E-state index contributed by atoms with van der Waals surface area (Å²) < 4.78 is 37.9. The summed E-state index contributed by atoms with van der Waals surface area (Å²) >= 11 is 0.917. The van der Waals surface area contributed by atoms with E-state index in [9.17, 15) is 18.0 Å². The Morgan fingerprint density at radius 3 is 2.55 bits per heavy atom. The molecule has 1 N–H and O–H groups in total. The van der Waals surface area contributed by atoms with Gasteiger partial charge in [0.05, 0.1) is 4.90 Å². The Bertz CT molecular complexity index is 666.